The van der Waals surface area contributed by atoms with Crippen molar-refractivity contribution in [3.8, 4) is 0 Å². The largest absolute Gasteiger partial charge is 0.384 e. The Morgan fingerprint density at radius 3 is 2.67 bits per heavy atom. The van der Waals surface area contributed by atoms with Crippen molar-refractivity contribution >= 4 is 0 Å². The standard InChI is InChI=1S/C19H24O5/c1-21-18-19(20)13-8-7-12(13)9-14(19)16-15(23-18)10-22-17(24-16)11-5-3-2-4-6-11/h2-6,12-18,20H,7-10H2,1H3/t12-,13-,14+,15-,16+,17-,18+,19-/m1/s1. The van der Waals surface area contributed by atoms with Crippen molar-refractivity contribution < 1.29 is 24.1 Å². The second-order valence-electron chi connectivity index (χ2n) is 7.59. The lowest BCUT2D eigenvalue weighted by Crippen LogP contribution is -2.66. The van der Waals surface area contributed by atoms with E-state index in [9.17, 15) is 5.11 Å². The Kier molecular flexibility index (Phi) is 3.51. The van der Waals surface area contributed by atoms with Crippen LogP contribution in [-0.4, -0.2) is 42.9 Å². The van der Waals surface area contributed by atoms with Gasteiger partial charge in [-0.15, -0.1) is 0 Å². The molecule has 1 aromatic rings. The average Bonchev–Trinajstić information content (AvgIpc) is 2.80. The van der Waals surface area contributed by atoms with E-state index in [2.05, 4.69) is 0 Å². The summed E-state index contributed by atoms with van der Waals surface area (Å²) in [5.74, 6) is 0.894. The van der Waals surface area contributed by atoms with Crippen molar-refractivity contribution in [3.05, 3.63) is 35.9 Å². The van der Waals surface area contributed by atoms with Gasteiger partial charge in [-0.3, -0.25) is 0 Å². The van der Waals surface area contributed by atoms with Crippen LogP contribution in [0.5, 0.6) is 0 Å². The topological polar surface area (TPSA) is 57.2 Å². The molecular weight excluding hydrogens is 308 g/mol. The van der Waals surface area contributed by atoms with Gasteiger partial charge in [-0.05, 0) is 31.1 Å². The minimum Gasteiger partial charge on any atom is -0.384 e. The third-order valence-corrected chi connectivity index (χ3v) is 6.58. The molecule has 0 amide bonds. The van der Waals surface area contributed by atoms with E-state index in [1.165, 1.54) is 6.42 Å². The molecule has 0 aromatic heterocycles. The van der Waals surface area contributed by atoms with Crippen molar-refractivity contribution in [1.82, 2.24) is 0 Å². The van der Waals surface area contributed by atoms with Gasteiger partial charge in [-0.2, -0.15) is 0 Å². The maximum atomic E-state index is 11.5. The molecule has 0 spiro atoms. The molecular formula is C19H24O5. The van der Waals surface area contributed by atoms with Crippen LogP contribution < -0.4 is 0 Å². The molecule has 4 aliphatic rings. The highest BCUT2D eigenvalue weighted by molar-refractivity contribution is 5.18. The van der Waals surface area contributed by atoms with Crippen molar-refractivity contribution in [1.29, 1.82) is 0 Å². The zero-order valence-corrected chi connectivity index (χ0v) is 13.8. The van der Waals surface area contributed by atoms with Gasteiger partial charge in [-0.25, -0.2) is 0 Å². The lowest BCUT2D eigenvalue weighted by molar-refractivity contribution is -0.377. The highest BCUT2D eigenvalue weighted by atomic mass is 16.7. The van der Waals surface area contributed by atoms with Crippen LogP contribution in [0.25, 0.3) is 0 Å². The number of rotatable bonds is 2. The molecule has 2 aliphatic heterocycles. The van der Waals surface area contributed by atoms with E-state index in [0.29, 0.717) is 12.5 Å². The Labute approximate surface area is 141 Å². The predicted molar refractivity (Wildman–Crippen MR) is 84.9 cm³/mol. The van der Waals surface area contributed by atoms with Crippen LogP contribution in [0.3, 0.4) is 0 Å². The summed E-state index contributed by atoms with van der Waals surface area (Å²) in [5.41, 5.74) is 0.0755. The number of ether oxygens (including phenoxy) is 4. The zero-order valence-electron chi connectivity index (χ0n) is 13.8. The lowest BCUT2D eigenvalue weighted by Gasteiger charge is -2.53. The highest BCUT2D eigenvalue weighted by Crippen LogP contribution is 2.61. The van der Waals surface area contributed by atoms with Crippen LogP contribution in [0.15, 0.2) is 30.3 Å². The summed E-state index contributed by atoms with van der Waals surface area (Å²) in [7, 11) is 1.61. The molecule has 1 N–H and O–H groups in total. The molecule has 5 heteroatoms. The minimum atomic E-state index is -0.933. The van der Waals surface area contributed by atoms with Crippen LogP contribution >= 0.6 is 0 Å². The molecule has 8 atom stereocenters. The van der Waals surface area contributed by atoms with E-state index in [1.54, 1.807) is 7.11 Å². The zero-order chi connectivity index (χ0) is 16.3. The molecule has 2 aliphatic carbocycles. The van der Waals surface area contributed by atoms with Crippen molar-refractivity contribution in [2.75, 3.05) is 13.7 Å². The Morgan fingerprint density at radius 2 is 1.96 bits per heavy atom. The van der Waals surface area contributed by atoms with E-state index < -0.39 is 18.2 Å². The van der Waals surface area contributed by atoms with Gasteiger partial charge in [0, 0.05) is 18.6 Å². The number of methoxy groups -OCH3 is 1. The monoisotopic (exact) mass is 332 g/mol. The maximum Gasteiger partial charge on any atom is 0.187 e. The fourth-order valence-electron chi connectivity index (χ4n) is 5.31. The summed E-state index contributed by atoms with van der Waals surface area (Å²) < 4.78 is 23.8. The van der Waals surface area contributed by atoms with Gasteiger partial charge in [0.2, 0.25) is 0 Å². The molecule has 130 valence electrons. The summed E-state index contributed by atoms with van der Waals surface area (Å²) in [5, 5.41) is 11.5. The van der Waals surface area contributed by atoms with Crippen molar-refractivity contribution in [3.63, 3.8) is 0 Å². The van der Waals surface area contributed by atoms with E-state index in [-0.39, 0.29) is 24.0 Å². The number of hydrogen-bond acceptors (Lipinski definition) is 5. The van der Waals surface area contributed by atoms with Crippen LogP contribution in [0.1, 0.15) is 31.1 Å². The number of fused-ring (bicyclic) bond motifs is 5. The van der Waals surface area contributed by atoms with Crippen molar-refractivity contribution in [2.45, 2.75) is 49.7 Å². The summed E-state index contributed by atoms with van der Waals surface area (Å²) >= 11 is 0. The summed E-state index contributed by atoms with van der Waals surface area (Å²) in [4.78, 5) is 0. The SMILES string of the molecule is CO[C@H]1O[C@@H]2CO[C@@H](c3ccccc3)O[C@H]2[C@@H]2C[C@H]3CC[C@H]3[C@]12O. The average molecular weight is 332 g/mol. The molecule has 5 nitrogen and oxygen atoms in total. The highest BCUT2D eigenvalue weighted by Gasteiger charge is 2.68. The summed E-state index contributed by atoms with van der Waals surface area (Å²) in [6, 6.07) is 9.97. The normalized spacial score (nSPS) is 49.7. The number of hydrogen-bond donors (Lipinski definition) is 1. The Morgan fingerprint density at radius 1 is 1.12 bits per heavy atom. The number of aliphatic hydroxyl groups is 1. The second-order valence-corrected chi connectivity index (χ2v) is 7.59. The van der Waals surface area contributed by atoms with Crippen molar-refractivity contribution in [2.24, 2.45) is 17.8 Å². The second kappa shape index (κ2) is 5.51. The molecule has 2 saturated heterocycles. The van der Waals surface area contributed by atoms with Crippen LogP contribution in [0, 0.1) is 17.8 Å². The molecule has 2 heterocycles. The predicted octanol–water partition coefficient (Wildman–Crippen LogP) is 2.25. The van der Waals surface area contributed by atoms with E-state index in [4.69, 9.17) is 18.9 Å². The van der Waals surface area contributed by atoms with Gasteiger partial charge in [0.25, 0.3) is 0 Å². The lowest BCUT2D eigenvalue weighted by atomic mass is 9.68. The molecule has 1 aromatic carbocycles. The van der Waals surface area contributed by atoms with Gasteiger partial charge in [0.05, 0.1) is 12.7 Å². The molecule has 0 bridgehead atoms. The van der Waals surface area contributed by atoms with E-state index in [1.807, 2.05) is 30.3 Å². The molecule has 5 rings (SSSR count). The van der Waals surface area contributed by atoms with Gasteiger partial charge >= 0.3 is 0 Å². The fourth-order valence-corrected chi connectivity index (χ4v) is 5.31. The first kappa shape index (κ1) is 15.3. The van der Waals surface area contributed by atoms with Crippen LogP contribution in [0.2, 0.25) is 0 Å². The van der Waals surface area contributed by atoms with E-state index >= 15 is 0 Å². The summed E-state index contributed by atoms with van der Waals surface area (Å²) in [6.07, 6.45) is 1.93. The van der Waals surface area contributed by atoms with Gasteiger partial charge in [0.1, 0.15) is 11.7 Å². The van der Waals surface area contributed by atoms with Gasteiger partial charge in [-0.1, -0.05) is 30.3 Å². The third-order valence-electron chi connectivity index (χ3n) is 6.58. The number of benzene rings is 1. The molecule has 0 unspecified atom stereocenters. The first-order valence-electron chi connectivity index (χ1n) is 8.94. The first-order chi connectivity index (χ1) is 11.7. The Hall–Kier alpha value is -0.980. The molecule has 0 radical (unpaired) electrons. The fraction of sp³-hybridized carbons (Fsp3) is 0.684. The smallest absolute Gasteiger partial charge is 0.187 e. The first-order valence-corrected chi connectivity index (χ1v) is 8.94. The Balaban J connectivity index is 1.45. The minimum absolute atomic E-state index is 0.0498. The summed E-state index contributed by atoms with van der Waals surface area (Å²) in [6.45, 7) is 0.464. The van der Waals surface area contributed by atoms with E-state index in [0.717, 1.165) is 18.4 Å². The third kappa shape index (κ3) is 1.99. The maximum absolute atomic E-state index is 11.5. The van der Waals surface area contributed by atoms with Crippen LogP contribution in [-0.2, 0) is 18.9 Å². The molecule has 4 fully saturated rings. The quantitative estimate of drug-likeness (QED) is 0.900. The molecule has 24 heavy (non-hydrogen) atoms. The Bertz CT molecular complexity index is 607. The van der Waals surface area contributed by atoms with Gasteiger partial charge in [0.15, 0.2) is 12.6 Å². The molecule has 2 saturated carbocycles. The van der Waals surface area contributed by atoms with Crippen LogP contribution in [0.4, 0.5) is 0 Å². The van der Waals surface area contributed by atoms with Gasteiger partial charge < -0.3 is 24.1 Å².